The quantitative estimate of drug-likeness (QED) is 0.243. The number of rotatable bonds is 8. The lowest BCUT2D eigenvalue weighted by Gasteiger charge is -2.16. The molecule has 1 saturated heterocycles. The van der Waals surface area contributed by atoms with E-state index in [1.54, 1.807) is 6.92 Å². The van der Waals surface area contributed by atoms with E-state index in [1.807, 2.05) is 13.8 Å². The molecule has 2 N–H and O–H groups in total. The second kappa shape index (κ2) is 22.2. The normalized spacial score (nSPS) is 23.8. The Morgan fingerprint density at radius 2 is 1.50 bits per heavy atom. The predicted octanol–water partition coefficient (Wildman–Crippen LogP) is 8.13. The van der Waals surface area contributed by atoms with Crippen molar-refractivity contribution in [3.8, 4) is 0 Å². The molecule has 4 unspecified atom stereocenters. The Labute approximate surface area is 236 Å². The second-order valence-electron chi connectivity index (χ2n) is 12.5. The van der Waals surface area contributed by atoms with Gasteiger partial charge in [-0.3, -0.25) is 9.59 Å². The highest BCUT2D eigenvalue weighted by Crippen LogP contribution is 2.61. The van der Waals surface area contributed by atoms with Crippen LogP contribution in [0.2, 0.25) is 0 Å². The minimum atomic E-state index is 0.0902. The summed E-state index contributed by atoms with van der Waals surface area (Å²) in [7, 11) is 0. The molecule has 2 aliphatic carbocycles. The van der Waals surface area contributed by atoms with E-state index in [9.17, 15) is 14.4 Å². The van der Waals surface area contributed by atoms with Crippen LogP contribution < -0.4 is 10.6 Å². The van der Waals surface area contributed by atoms with Gasteiger partial charge in [-0.05, 0) is 68.6 Å². The monoisotopic (exact) mass is 536 g/mol. The van der Waals surface area contributed by atoms with Crippen LogP contribution in [0.5, 0.6) is 0 Å². The van der Waals surface area contributed by atoms with Crippen molar-refractivity contribution in [2.75, 3.05) is 6.54 Å². The van der Waals surface area contributed by atoms with Crippen LogP contribution in [0.15, 0.2) is 12.7 Å². The van der Waals surface area contributed by atoms with E-state index in [0.717, 1.165) is 43.1 Å². The highest BCUT2D eigenvalue weighted by molar-refractivity contribution is 5.80. The number of amides is 2. The predicted molar refractivity (Wildman–Crippen MR) is 164 cm³/mol. The van der Waals surface area contributed by atoms with Gasteiger partial charge in [-0.25, -0.2) is 0 Å². The first-order chi connectivity index (χ1) is 17.8. The van der Waals surface area contributed by atoms with Crippen LogP contribution in [0.25, 0.3) is 0 Å². The minimum Gasteiger partial charge on any atom is -0.356 e. The Kier molecular flexibility index (Phi) is 22.5. The molecule has 0 spiro atoms. The van der Waals surface area contributed by atoms with Gasteiger partial charge in [0.2, 0.25) is 12.3 Å². The molecule has 0 aromatic heterocycles. The lowest BCUT2D eigenvalue weighted by Crippen LogP contribution is -2.29. The molecular weight excluding hydrogens is 472 g/mol. The lowest BCUT2D eigenvalue weighted by atomic mass is 9.90. The number of hydrogen-bond donors (Lipinski definition) is 2. The molecular formula is C33H64N2O3. The third kappa shape index (κ3) is 18.6. The first-order valence-corrected chi connectivity index (χ1v) is 15.4. The Morgan fingerprint density at radius 3 is 1.76 bits per heavy atom. The minimum absolute atomic E-state index is 0.0902. The van der Waals surface area contributed by atoms with Gasteiger partial charge < -0.3 is 15.4 Å². The number of ketones is 1. The van der Waals surface area contributed by atoms with E-state index in [-0.39, 0.29) is 23.7 Å². The molecule has 3 fully saturated rings. The topological polar surface area (TPSA) is 75.3 Å². The van der Waals surface area contributed by atoms with Crippen molar-refractivity contribution in [1.29, 1.82) is 0 Å². The van der Waals surface area contributed by atoms with Gasteiger partial charge in [0.05, 0.1) is 0 Å². The van der Waals surface area contributed by atoms with Gasteiger partial charge in [0.15, 0.2) is 0 Å². The maximum atomic E-state index is 11.1. The Bertz CT molecular complexity index is 623. The zero-order valence-corrected chi connectivity index (χ0v) is 26.8. The number of Topliss-reactive ketones (excluding diaryl/α,β-unsaturated/α-hetero) is 1. The summed E-state index contributed by atoms with van der Waals surface area (Å²) in [5.41, 5.74) is 0.684. The summed E-state index contributed by atoms with van der Waals surface area (Å²) in [5.74, 6) is 4.21. The van der Waals surface area contributed by atoms with Gasteiger partial charge in [0.1, 0.15) is 5.78 Å². The molecule has 4 atom stereocenters. The molecule has 38 heavy (non-hydrogen) atoms. The second-order valence-corrected chi connectivity index (χ2v) is 12.5. The number of carbonyl (C=O) groups is 3. The maximum Gasteiger partial charge on any atom is 0.223 e. The molecule has 5 nitrogen and oxygen atoms in total. The molecule has 0 radical (unpaired) electrons. The van der Waals surface area contributed by atoms with E-state index in [0.29, 0.717) is 18.2 Å². The van der Waals surface area contributed by atoms with Crippen LogP contribution in [-0.4, -0.2) is 30.7 Å². The molecule has 5 heteroatoms. The summed E-state index contributed by atoms with van der Waals surface area (Å²) >= 11 is 0. The smallest absolute Gasteiger partial charge is 0.223 e. The summed E-state index contributed by atoms with van der Waals surface area (Å²) in [6.07, 6.45) is 14.9. The summed E-state index contributed by atoms with van der Waals surface area (Å²) in [6.45, 7) is 25.8. The summed E-state index contributed by atoms with van der Waals surface area (Å²) in [5, 5.41) is 5.39. The van der Waals surface area contributed by atoms with Crippen molar-refractivity contribution in [3.63, 3.8) is 0 Å². The van der Waals surface area contributed by atoms with Gasteiger partial charge in [-0.15, -0.1) is 6.58 Å². The van der Waals surface area contributed by atoms with Crippen LogP contribution in [-0.2, 0) is 14.4 Å². The van der Waals surface area contributed by atoms with Crippen molar-refractivity contribution in [3.05, 3.63) is 12.7 Å². The highest BCUT2D eigenvalue weighted by atomic mass is 16.2. The summed E-state index contributed by atoms with van der Waals surface area (Å²) in [6, 6.07) is 0.0938. The summed E-state index contributed by atoms with van der Waals surface area (Å²) in [4.78, 5) is 31.0. The van der Waals surface area contributed by atoms with Gasteiger partial charge in [-0.2, -0.15) is 0 Å². The fourth-order valence-corrected chi connectivity index (χ4v) is 5.33. The van der Waals surface area contributed by atoms with E-state index in [1.165, 1.54) is 44.9 Å². The molecule has 3 aliphatic rings. The zero-order chi connectivity index (χ0) is 29.7. The van der Waals surface area contributed by atoms with Crippen molar-refractivity contribution in [2.24, 2.45) is 35.0 Å². The van der Waals surface area contributed by atoms with E-state index < -0.39 is 0 Å². The number of hydrogen-bond acceptors (Lipinski definition) is 3. The van der Waals surface area contributed by atoms with Gasteiger partial charge in [0.25, 0.3) is 0 Å². The van der Waals surface area contributed by atoms with Crippen LogP contribution in [0, 0.1) is 35.0 Å². The molecule has 2 amide bonds. The zero-order valence-electron chi connectivity index (χ0n) is 26.8. The van der Waals surface area contributed by atoms with Crippen LogP contribution in [0.1, 0.15) is 133 Å². The SMILES string of the molecule is C=CC1CCCCC1.CC(C)C.CC(CC1CCNC1=O)NC=O.CCC(C)=O.CCC1C(CC)C1(C)C. The largest absolute Gasteiger partial charge is 0.356 e. The Morgan fingerprint density at radius 1 is 1.03 bits per heavy atom. The van der Waals surface area contributed by atoms with Crippen molar-refractivity contribution >= 4 is 18.1 Å². The first-order valence-electron chi connectivity index (χ1n) is 15.4. The molecule has 1 aliphatic heterocycles. The number of carbonyl (C=O) groups excluding carboxylic acids is 3. The van der Waals surface area contributed by atoms with Crippen molar-refractivity contribution < 1.29 is 14.4 Å². The van der Waals surface area contributed by atoms with Gasteiger partial charge in [0, 0.05) is 24.9 Å². The van der Waals surface area contributed by atoms with E-state index in [2.05, 4.69) is 71.8 Å². The van der Waals surface area contributed by atoms with Crippen LogP contribution in [0.3, 0.4) is 0 Å². The molecule has 0 aromatic carbocycles. The molecule has 2 saturated carbocycles. The third-order valence-electron chi connectivity index (χ3n) is 7.80. The fraction of sp³-hybridized carbons (Fsp3) is 0.848. The van der Waals surface area contributed by atoms with Crippen molar-refractivity contribution in [2.45, 2.75) is 139 Å². The van der Waals surface area contributed by atoms with Crippen LogP contribution >= 0.6 is 0 Å². The van der Waals surface area contributed by atoms with Crippen molar-refractivity contribution in [1.82, 2.24) is 10.6 Å². The van der Waals surface area contributed by atoms with E-state index in [4.69, 9.17) is 0 Å². The fourth-order valence-electron chi connectivity index (χ4n) is 5.33. The maximum absolute atomic E-state index is 11.1. The van der Waals surface area contributed by atoms with Gasteiger partial charge >= 0.3 is 0 Å². The standard InChI is InChI=1S/C9H18.C8H14N2O2.C8H14.C4H8O.C4H10/c1-5-7-8(6-2)9(7,3)4;1-6(10-5-11)4-7-2-3-9-8(7)12;1-2-8-6-4-3-5-7-8;1-3-4(2)5;1-4(2)3/h7-8H,5-6H2,1-4H3;5-7H,2-4H2,1H3,(H,9,12)(H,10,11);2,8H,1,3-7H2;3H2,1-2H3;4H,1-3H3. The Hall–Kier alpha value is -1.65. The molecule has 0 aromatic rings. The molecule has 3 rings (SSSR count). The Balaban J connectivity index is 0. The van der Waals surface area contributed by atoms with Gasteiger partial charge in [-0.1, -0.05) is 93.6 Å². The number of allylic oxidation sites excluding steroid dienone is 1. The lowest BCUT2D eigenvalue weighted by molar-refractivity contribution is -0.123. The highest BCUT2D eigenvalue weighted by Gasteiger charge is 2.54. The molecule has 224 valence electrons. The van der Waals surface area contributed by atoms with Crippen LogP contribution in [0.4, 0.5) is 0 Å². The first kappa shape index (κ1) is 38.5. The van der Waals surface area contributed by atoms with E-state index >= 15 is 0 Å². The number of nitrogens with one attached hydrogen (secondary N) is 2. The summed E-state index contributed by atoms with van der Waals surface area (Å²) < 4.78 is 0. The third-order valence-corrected chi connectivity index (χ3v) is 7.80. The molecule has 1 heterocycles. The molecule has 0 bridgehead atoms. The average Bonchev–Trinajstić information content (AvgIpc) is 3.18. The average molecular weight is 537 g/mol.